The predicted octanol–water partition coefficient (Wildman–Crippen LogP) is 2.66. The molecule has 7 heteroatoms. The van der Waals surface area contributed by atoms with Crippen LogP contribution in [0.5, 0.6) is 5.75 Å². The van der Waals surface area contributed by atoms with Gasteiger partial charge in [0.2, 0.25) is 0 Å². The predicted molar refractivity (Wildman–Crippen MR) is 78.8 cm³/mol. The van der Waals surface area contributed by atoms with E-state index < -0.39 is 5.82 Å². The SMILES string of the molecule is CNc1cn2ccnc2c(Nc2cc(OC)ccc2F)n1. The van der Waals surface area contributed by atoms with E-state index in [1.807, 2.05) is 0 Å². The first-order chi connectivity index (χ1) is 10.2. The number of nitrogens with zero attached hydrogens (tertiary/aromatic N) is 3. The van der Waals surface area contributed by atoms with Crippen LogP contribution in [0.1, 0.15) is 0 Å². The number of benzene rings is 1. The van der Waals surface area contributed by atoms with Crippen LogP contribution in [0.15, 0.2) is 36.8 Å². The van der Waals surface area contributed by atoms with Gasteiger partial charge >= 0.3 is 0 Å². The number of hydrogen-bond donors (Lipinski definition) is 2. The number of halogens is 1. The van der Waals surface area contributed by atoms with Crippen molar-refractivity contribution in [2.24, 2.45) is 0 Å². The second-order valence-corrected chi connectivity index (χ2v) is 4.35. The maximum atomic E-state index is 13.9. The Morgan fingerprint density at radius 1 is 1.33 bits per heavy atom. The van der Waals surface area contributed by atoms with Crippen LogP contribution < -0.4 is 15.4 Å². The van der Waals surface area contributed by atoms with Crippen molar-refractivity contribution in [1.82, 2.24) is 14.4 Å². The Hall–Kier alpha value is -2.83. The molecule has 0 saturated carbocycles. The van der Waals surface area contributed by atoms with E-state index in [9.17, 15) is 4.39 Å². The zero-order valence-corrected chi connectivity index (χ0v) is 11.6. The van der Waals surface area contributed by atoms with E-state index in [2.05, 4.69) is 20.6 Å². The minimum Gasteiger partial charge on any atom is -0.497 e. The van der Waals surface area contributed by atoms with Crippen LogP contribution in [0.3, 0.4) is 0 Å². The summed E-state index contributed by atoms with van der Waals surface area (Å²) in [5, 5.41) is 5.92. The van der Waals surface area contributed by atoms with Crippen molar-refractivity contribution in [2.75, 3.05) is 24.8 Å². The zero-order valence-electron chi connectivity index (χ0n) is 11.6. The summed E-state index contributed by atoms with van der Waals surface area (Å²) in [5.74, 6) is 1.27. The molecule has 0 unspecified atom stereocenters. The Bertz CT molecular complexity index is 786. The number of imidazole rings is 1. The number of rotatable bonds is 4. The Morgan fingerprint density at radius 2 is 2.19 bits per heavy atom. The quantitative estimate of drug-likeness (QED) is 0.772. The molecule has 0 fully saturated rings. The summed E-state index contributed by atoms with van der Waals surface area (Å²) in [6.45, 7) is 0. The fraction of sp³-hybridized carbons (Fsp3) is 0.143. The topological polar surface area (TPSA) is 63.5 Å². The zero-order chi connectivity index (χ0) is 14.8. The molecule has 2 heterocycles. The highest BCUT2D eigenvalue weighted by molar-refractivity contribution is 5.72. The standard InChI is InChI=1S/C14H14FN5O/c1-16-12-8-20-6-5-17-14(20)13(19-12)18-11-7-9(21-2)3-4-10(11)15/h3-8,16H,1-2H3,(H,18,19). The fourth-order valence-corrected chi connectivity index (χ4v) is 1.99. The van der Waals surface area contributed by atoms with Crippen molar-refractivity contribution < 1.29 is 9.13 Å². The number of anilines is 3. The summed E-state index contributed by atoms with van der Waals surface area (Å²) in [6, 6.07) is 4.47. The molecular weight excluding hydrogens is 273 g/mol. The van der Waals surface area contributed by atoms with Crippen molar-refractivity contribution in [3.8, 4) is 5.75 Å². The normalized spacial score (nSPS) is 10.6. The summed E-state index contributed by atoms with van der Waals surface area (Å²) < 4.78 is 20.8. The van der Waals surface area contributed by atoms with Gasteiger partial charge in [-0.15, -0.1) is 0 Å². The van der Waals surface area contributed by atoms with E-state index in [0.717, 1.165) is 0 Å². The van der Waals surface area contributed by atoms with Gasteiger partial charge in [-0.3, -0.25) is 0 Å². The summed E-state index contributed by atoms with van der Waals surface area (Å²) in [7, 11) is 3.30. The van der Waals surface area contributed by atoms with Crippen LogP contribution in [0.25, 0.3) is 5.65 Å². The lowest BCUT2D eigenvalue weighted by Gasteiger charge is -2.11. The van der Waals surface area contributed by atoms with Gasteiger partial charge in [0.1, 0.15) is 17.4 Å². The molecule has 2 aromatic heterocycles. The highest BCUT2D eigenvalue weighted by Gasteiger charge is 2.10. The molecule has 0 bridgehead atoms. The molecule has 0 aliphatic carbocycles. The number of methoxy groups -OCH3 is 1. The van der Waals surface area contributed by atoms with E-state index in [0.29, 0.717) is 23.0 Å². The maximum Gasteiger partial charge on any atom is 0.180 e. The van der Waals surface area contributed by atoms with Crippen molar-refractivity contribution in [3.63, 3.8) is 0 Å². The Morgan fingerprint density at radius 3 is 2.95 bits per heavy atom. The molecule has 0 radical (unpaired) electrons. The van der Waals surface area contributed by atoms with Crippen molar-refractivity contribution >= 4 is 23.0 Å². The lowest BCUT2D eigenvalue weighted by atomic mass is 10.3. The van der Waals surface area contributed by atoms with Gasteiger partial charge in [-0.05, 0) is 12.1 Å². The molecule has 3 rings (SSSR count). The molecule has 3 aromatic rings. The smallest absolute Gasteiger partial charge is 0.180 e. The van der Waals surface area contributed by atoms with E-state index >= 15 is 0 Å². The highest BCUT2D eigenvalue weighted by atomic mass is 19.1. The van der Waals surface area contributed by atoms with Gasteiger partial charge in [0, 0.05) is 25.5 Å². The molecule has 0 saturated heterocycles. The summed E-state index contributed by atoms with van der Waals surface area (Å²) >= 11 is 0. The minimum absolute atomic E-state index is 0.278. The van der Waals surface area contributed by atoms with Gasteiger partial charge < -0.3 is 19.8 Å². The Kier molecular flexibility index (Phi) is 3.31. The molecule has 0 atom stereocenters. The third kappa shape index (κ3) is 2.45. The molecular formula is C14H14FN5O. The molecule has 2 N–H and O–H groups in total. The van der Waals surface area contributed by atoms with Gasteiger partial charge in [0.25, 0.3) is 0 Å². The van der Waals surface area contributed by atoms with Crippen LogP contribution in [0, 0.1) is 5.82 Å². The second kappa shape index (κ2) is 5.28. The van der Waals surface area contributed by atoms with Crippen molar-refractivity contribution in [2.45, 2.75) is 0 Å². The van der Waals surface area contributed by atoms with Gasteiger partial charge in [0.05, 0.1) is 19.0 Å². The lowest BCUT2D eigenvalue weighted by molar-refractivity contribution is 0.414. The third-order valence-corrected chi connectivity index (χ3v) is 3.06. The fourth-order valence-electron chi connectivity index (χ4n) is 1.99. The van der Waals surface area contributed by atoms with Gasteiger partial charge in [-0.25, -0.2) is 14.4 Å². The molecule has 21 heavy (non-hydrogen) atoms. The second-order valence-electron chi connectivity index (χ2n) is 4.35. The Labute approximate surface area is 120 Å². The van der Waals surface area contributed by atoms with Crippen LogP contribution in [0.2, 0.25) is 0 Å². The van der Waals surface area contributed by atoms with E-state index in [-0.39, 0.29) is 5.69 Å². The van der Waals surface area contributed by atoms with Gasteiger partial charge in [-0.2, -0.15) is 0 Å². The molecule has 6 nitrogen and oxygen atoms in total. The number of ether oxygens (including phenoxy) is 1. The third-order valence-electron chi connectivity index (χ3n) is 3.06. The first kappa shape index (κ1) is 13.2. The molecule has 0 amide bonds. The average molecular weight is 287 g/mol. The first-order valence-corrected chi connectivity index (χ1v) is 6.33. The van der Waals surface area contributed by atoms with E-state index in [1.165, 1.54) is 13.2 Å². The summed E-state index contributed by atoms with van der Waals surface area (Å²) in [6.07, 6.45) is 5.25. The minimum atomic E-state index is -0.392. The highest BCUT2D eigenvalue weighted by Crippen LogP contribution is 2.26. The summed E-state index contributed by atoms with van der Waals surface area (Å²) in [5.41, 5.74) is 0.885. The lowest BCUT2D eigenvalue weighted by Crippen LogP contribution is -2.03. The van der Waals surface area contributed by atoms with Gasteiger partial charge in [0.15, 0.2) is 11.5 Å². The van der Waals surface area contributed by atoms with Crippen LogP contribution in [-0.4, -0.2) is 28.5 Å². The molecule has 0 spiro atoms. The van der Waals surface area contributed by atoms with E-state index in [4.69, 9.17) is 4.74 Å². The average Bonchev–Trinajstić information content (AvgIpc) is 2.98. The Balaban J connectivity index is 2.07. The monoisotopic (exact) mass is 287 g/mol. The summed E-state index contributed by atoms with van der Waals surface area (Å²) in [4.78, 5) is 8.59. The molecule has 108 valence electrons. The van der Waals surface area contributed by atoms with Crippen molar-refractivity contribution in [1.29, 1.82) is 0 Å². The maximum absolute atomic E-state index is 13.9. The number of fused-ring (bicyclic) bond motifs is 1. The first-order valence-electron chi connectivity index (χ1n) is 6.33. The largest absolute Gasteiger partial charge is 0.497 e. The number of nitrogens with one attached hydrogen (secondary N) is 2. The molecule has 0 aliphatic rings. The number of hydrogen-bond acceptors (Lipinski definition) is 5. The number of aromatic nitrogens is 3. The van der Waals surface area contributed by atoms with Crippen LogP contribution in [-0.2, 0) is 0 Å². The van der Waals surface area contributed by atoms with Crippen LogP contribution >= 0.6 is 0 Å². The molecule has 1 aromatic carbocycles. The van der Waals surface area contributed by atoms with Gasteiger partial charge in [-0.1, -0.05) is 0 Å². The molecule has 0 aliphatic heterocycles. The van der Waals surface area contributed by atoms with Crippen LogP contribution in [0.4, 0.5) is 21.7 Å². The van der Waals surface area contributed by atoms with E-state index in [1.54, 1.807) is 42.2 Å². The van der Waals surface area contributed by atoms with Crippen molar-refractivity contribution in [3.05, 3.63) is 42.6 Å².